The van der Waals surface area contributed by atoms with Gasteiger partial charge in [-0.25, -0.2) is 0 Å². The highest BCUT2D eigenvalue weighted by Crippen LogP contribution is 2.54. The molecule has 6 aromatic carbocycles. The summed E-state index contributed by atoms with van der Waals surface area (Å²) in [6.45, 7) is 13.9. The van der Waals surface area contributed by atoms with Gasteiger partial charge in [-0.3, -0.25) is 0 Å². The van der Waals surface area contributed by atoms with Crippen molar-refractivity contribution in [2.24, 2.45) is 11.8 Å². The molecule has 8 rings (SSSR count). The van der Waals surface area contributed by atoms with Crippen LogP contribution in [0.3, 0.4) is 0 Å². The lowest BCUT2D eigenvalue weighted by Crippen LogP contribution is -2.28. The Labute approximate surface area is 369 Å². The van der Waals surface area contributed by atoms with Crippen LogP contribution in [0.5, 0.6) is 0 Å². The van der Waals surface area contributed by atoms with E-state index in [-0.39, 0.29) is 5.37 Å². The van der Waals surface area contributed by atoms with Gasteiger partial charge in [-0.05, 0) is 132 Å². The molecule has 60 heavy (non-hydrogen) atoms. The first-order chi connectivity index (χ1) is 29.4. The zero-order valence-corrected chi connectivity index (χ0v) is 38.5. The molecule has 3 atom stereocenters. The van der Waals surface area contributed by atoms with E-state index < -0.39 is 0 Å². The Hall–Kier alpha value is -4.51. The van der Waals surface area contributed by atoms with Gasteiger partial charge in [0.25, 0.3) is 0 Å². The maximum absolute atomic E-state index is 2.71. The van der Waals surface area contributed by atoms with Crippen molar-refractivity contribution in [2.75, 3.05) is 9.80 Å². The molecule has 3 unspecified atom stereocenters. The fourth-order valence-corrected chi connectivity index (χ4v) is 12.5. The van der Waals surface area contributed by atoms with Gasteiger partial charge < -0.3 is 9.80 Å². The van der Waals surface area contributed by atoms with Gasteiger partial charge in [-0.15, -0.1) is 11.3 Å². The zero-order valence-electron chi connectivity index (χ0n) is 36.8. The predicted octanol–water partition coefficient (Wildman–Crippen LogP) is 17.5. The van der Waals surface area contributed by atoms with Crippen molar-refractivity contribution in [3.05, 3.63) is 155 Å². The lowest BCUT2D eigenvalue weighted by atomic mass is 9.83. The van der Waals surface area contributed by atoms with Gasteiger partial charge in [0.05, 0.1) is 10.1 Å². The predicted molar refractivity (Wildman–Crippen MR) is 266 cm³/mol. The molecule has 4 heteroatoms. The Kier molecular flexibility index (Phi) is 13.7. The van der Waals surface area contributed by atoms with Gasteiger partial charge in [-0.1, -0.05) is 164 Å². The monoisotopic (exact) mass is 828 g/mol. The van der Waals surface area contributed by atoms with Crippen molar-refractivity contribution in [3.63, 3.8) is 0 Å². The fraction of sp³-hybridized carbons (Fsp3) is 0.357. The number of nitrogens with zero attached hydrogens (tertiary/aromatic N) is 2. The van der Waals surface area contributed by atoms with Crippen LogP contribution in [0.15, 0.2) is 132 Å². The van der Waals surface area contributed by atoms with Gasteiger partial charge in [0.15, 0.2) is 0 Å². The molecule has 0 saturated carbocycles. The van der Waals surface area contributed by atoms with E-state index in [4.69, 9.17) is 0 Å². The van der Waals surface area contributed by atoms with Gasteiger partial charge >= 0.3 is 0 Å². The van der Waals surface area contributed by atoms with Crippen LogP contribution in [0.2, 0.25) is 0 Å². The molecule has 0 amide bonds. The average molecular weight is 829 g/mol. The molecular weight excluding hydrogens is 765 g/mol. The minimum absolute atomic E-state index is 0.222. The summed E-state index contributed by atoms with van der Waals surface area (Å²) in [4.78, 5) is 6.57. The van der Waals surface area contributed by atoms with Crippen LogP contribution in [-0.4, -0.2) is 5.37 Å². The van der Waals surface area contributed by atoms with Gasteiger partial charge in [0, 0.05) is 39.5 Å². The van der Waals surface area contributed by atoms with E-state index in [1.165, 1.54) is 134 Å². The normalized spacial score (nSPS) is 14.7. The second kappa shape index (κ2) is 19.5. The minimum Gasteiger partial charge on any atom is -0.328 e. The van der Waals surface area contributed by atoms with Crippen LogP contribution in [0.1, 0.15) is 107 Å². The Balaban J connectivity index is 1.36. The largest absolute Gasteiger partial charge is 0.328 e. The van der Waals surface area contributed by atoms with Crippen molar-refractivity contribution < 1.29 is 0 Å². The van der Waals surface area contributed by atoms with Crippen LogP contribution in [-0.2, 0) is 19.3 Å². The number of para-hydroxylation sites is 2. The molecule has 7 aromatic rings. The smallest absolute Gasteiger partial charge is 0.101 e. The minimum atomic E-state index is 0.222. The molecule has 0 radical (unpaired) electrons. The Morgan fingerprint density at radius 3 is 1.70 bits per heavy atom. The Bertz CT molecular complexity index is 2500. The summed E-state index contributed by atoms with van der Waals surface area (Å²) in [6.07, 6.45) is 13.6. The summed E-state index contributed by atoms with van der Waals surface area (Å²) in [5.41, 5.74) is 12.2. The number of rotatable bonds is 18. The van der Waals surface area contributed by atoms with Crippen LogP contribution in [0.25, 0.3) is 20.9 Å². The van der Waals surface area contributed by atoms with E-state index in [1.807, 2.05) is 11.3 Å². The summed E-state index contributed by atoms with van der Waals surface area (Å²) in [6, 6.07) is 48.1. The molecule has 1 aliphatic heterocycles. The summed E-state index contributed by atoms with van der Waals surface area (Å²) in [5, 5.41) is 5.81. The number of unbranched alkanes of at least 4 members (excludes halogenated alkanes) is 2. The van der Waals surface area contributed by atoms with E-state index in [1.54, 1.807) is 11.1 Å². The zero-order chi connectivity index (χ0) is 41.6. The first kappa shape index (κ1) is 42.2. The molecule has 0 saturated heterocycles. The average Bonchev–Trinajstić information content (AvgIpc) is 3.91. The Morgan fingerprint density at radius 1 is 0.567 bits per heavy atom. The van der Waals surface area contributed by atoms with Gasteiger partial charge in [0.1, 0.15) is 5.00 Å². The number of anilines is 5. The van der Waals surface area contributed by atoms with Crippen LogP contribution in [0, 0.1) is 25.7 Å². The van der Waals surface area contributed by atoms with E-state index in [2.05, 4.69) is 190 Å². The molecule has 0 N–H and O–H groups in total. The van der Waals surface area contributed by atoms with Crippen molar-refractivity contribution >= 4 is 71.7 Å². The lowest BCUT2D eigenvalue weighted by Gasteiger charge is -2.31. The van der Waals surface area contributed by atoms with E-state index in [9.17, 15) is 0 Å². The molecule has 0 aliphatic carbocycles. The first-order valence-corrected chi connectivity index (χ1v) is 24.6. The highest BCUT2D eigenvalue weighted by Gasteiger charge is 2.34. The first-order valence-electron chi connectivity index (χ1n) is 22.9. The van der Waals surface area contributed by atoms with Gasteiger partial charge in [-0.2, -0.15) is 0 Å². The highest BCUT2D eigenvalue weighted by molar-refractivity contribution is 8.00. The van der Waals surface area contributed by atoms with Crippen molar-refractivity contribution in [1.82, 2.24) is 0 Å². The fourth-order valence-electron chi connectivity index (χ4n) is 9.59. The highest BCUT2D eigenvalue weighted by atomic mass is 32.2. The molecule has 0 fully saturated rings. The maximum Gasteiger partial charge on any atom is 0.101 e. The quantitative estimate of drug-likeness (QED) is 0.0851. The number of fused-ring (bicyclic) bond motifs is 6. The third-order valence-electron chi connectivity index (χ3n) is 13.0. The molecule has 0 spiro atoms. The molecule has 2 heterocycles. The Morgan fingerprint density at radius 2 is 1.12 bits per heavy atom. The van der Waals surface area contributed by atoms with Crippen molar-refractivity contribution in [3.8, 4) is 0 Å². The molecular formula is C56H64N2S2. The van der Waals surface area contributed by atoms with Crippen LogP contribution < -0.4 is 9.80 Å². The number of hydrogen-bond donors (Lipinski definition) is 0. The number of aryl methyl sites for hydroxylation is 2. The standard InChI is InChI=1S/C56H64N2S2/c1-7-11-23-41(9-3)33-43-35-49-50(36-44(43)34-42(10-4)24-12-8-2)52-38-54(58(46-27-17-14-18-28-46)48-30-20-22-40(6)32-48)60-56(52)55-51(49)37-53(59-55)57(45-25-15-13-16-26-45)47-29-19-21-39(5)31-47/h13-22,25-32,35-37,41-42,54H,7-12,23-24,33-34,38H2,1-6H3. The molecule has 310 valence electrons. The second-order valence-corrected chi connectivity index (χ2v) is 19.6. The maximum atomic E-state index is 2.71. The third kappa shape index (κ3) is 9.07. The summed E-state index contributed by atoms with van der Waals surface area (Å²) in [7, 11) is 0. The molecule has 1 aromatic heterocycles. The number of thiophene rings is 1. The number of benzene rings is 6. The van der Waals surface area contributed by atoms with Crippen molar-refractivity contribution in [2.45, 2.75) is 122 Å². The molecule has 0 bridgehead atoms. The number of hydrogen-bond acceptors (Lipinski definition) is 4. The summed E-state index contributed by atoms with van der Waals surface area (Å²) >= 11 is 4.06. The lowest BCUT2D eigenvalue weighted by molar-refractivity contribution is 0.434. The second-order valence-electron chi connectivity index (χ2n) is 17.4. The van der Waals surface area contributed by atoms with E-state index >= 15 is 0 Å². The van der Waals surface area contributed by atoms with Crippen molar-refractivity contribution in [1.29, 1.82) is 0 Å². The van der Waals surface area contributed by atoms with Gasteiger partial charge in [0.2, 0.25) is 0 Å². The molecule has 2 nitrogen and oxygen atoms in total. The van der Waals surface area contributed by atoms with Crippen LogP contribution in [0.4, 0.5) is 27.8 Å². The van der Waals surface area contributed by atoms with E-state index in [0.717, 1.165) is 6.42 Å². The summed E-state index contributed by atoms with van der Waals surface area (Å²) < 4.78 is 1.43. The SMILES string of the molecule is CCCCC(CC)Cc1cc2c3c(c4sc(N(c5ccccc5)c5cccc(C)c5)cc4c2cc1CC(CC)CCCC)SC(N(c1ccccc1)c1cccc(C)c1)C3. The molecule has 1 aliphatic rings. The topological polar surface area (TPSA) is 6.48 Å². The summed E-state index contributed by atoms with van der Waals surface area (Å²) in [5.74, 6) is 1.43. The van der Waals surface area contributed by atoms with Crippen LogP contribution >= 0.6 is 23.1 Å². The number of thioether (sulfide) groups is 1. The third-order valence-corrected chi connectivity index (χ3v) is 15.6. The van der Waals surface area contributed by atoms with E-state index in [0.29, 0.717) is 11.8 Å².